The Kier molecular flexibility index (Phi) is 5.39. The van der Waals surface area contributed by atoms with E-state index in [0.717, 1.165) is 36.3 Å². The topological polar surface area (TPSA) is 23.6 Å². The predicted molar refractivity (Wildman–Crippen MR) is 111 cm³/mol. The van der Waals surface area contributed by atoms with Crippen molar-refractivity contribution >= 4 is 40.7 Å². The zero-order valence-electron chi connectivity index (χ0n) is 15.1. The van der Waals surface area contributed by atoms with E-state index in [-0.39, 0.29) is 11.9 Å². The summed E-state index contributed by atoms with van der Waals surface area (Å²) in [6.45, 7) is 3.04. The van der Waals surface area contributed by atoms with Crippen molar-refractivity contribution in [2.45, 2.75) is 24.8 Å². The van der Waals surface area contributed by atoms with Crippen molar-refractivity contribution in [3.63, 3.8) is 0 Å². The minimum Gasteiger partial charge on any atom is -0.337 e. The molecular weight excluding hydrogens is 403 g/mol. The molecule has 6 heteroatoms. The van der Waals surface area contributed by atoms with Crippen molar-refractivity contribution in [1.82, 2.24) is 9.80 Å². The Bertz CT molecular complexity index is 880. The maximum absolute atomic E-state index is 13.4. The van der Waals surface area contributed by atoms with Gasteiger partial charge in [0, 0.05) is 18.6 Å². The number of likely N-dealkylation sites (N-methyl/N-ethyl adjacent to an activating group) is 1. The maximum atomic E-state index is 13.4. The third-order valence-electron chi connectivity index (χ3n) is 5.69. The number of amides is 1. The SMILES string of the molecule is CN1C(=O)[C@@H](c2ccc(Cl)c(Cl)c2)c2cc(Cl)ccc2[C@H]1CN1CCCC1. The Morgan fingerprint density at radius 2 is 1.70 bits per heavy atom. The molecule has 0 spiro atoms. The summed E-state index contributed by atoms with van der Waals surface area (Å²) in [6.07, 6.45) is 2.45. The van der Waals surface area contributed by atoms with E-state index in [9.17, 15) is 4.79 Å². The summed E-state index contributed by atoms with van der Waals surface area (Å²) in [5, 5.41) is 1.57. The van der Waals surface area contributed by atoms with Crippen LogP contribution in [0.5, 0.6) is 0 Å². The van der Waals surface area contributed by atoms with Crippen LogP contribution in [0.1, 0.15) is 41.5 Å². The number of carbonyl (C=O) groups is 1. The van der Waals surface area contributed by atoms with E-state index in [1.807, 2.05) is 30.1 Å². The normalized spacial score (nSPS) is 23.0. The Morgan fingerprint density at radius 3 is 2.41 bits per heavy atom. The van der Waals surface area contributed by atoms with Gasteiger partial charge < -0.3 is 9.80 Å². The van der Waals surface area contributed by atoms with Crippen LogP contribution in [0.25, 0.3) is 0 Å². The van der Waals surface area contributed by atoms with Crippen LogP contribution in [-0.4, -0.2) is 42.4 Å². The second-order valence-corrected chi connectivity index (χ2v) is 8.60. The fourth-order valence-corrected chi connectivity index (χ4v) is 4.73. The summed E-state index contributed by atoms with van der Waals surface area (Å²) < 4.78 is 0. The molecule has 0 unspecified atom stereocenters. The van der Waals surface area contributed by atoms with Gasteiger partial charge in [-0.2, -0.15) is 0 Å². The highest BCUT2D eigenvalue weighted by molar-refractivity contribution is 6.42. The van der Waals surface area contributed by atoms with Gasteiger partial charge in [-0.3, -0.25) is 4.79 Å². The van der Waals surface area contributed by atoms with Gasteiger partial charge in [-0.15, -0.1) is 0 Å². The molecule has 2 aromatic rings. The first-order valence-corrected chi connectivity index (χ1v) is 10.3. The van der Waals surface area contributed by atoms with Crippen LogP contribution < -0.4 is 0 Å². The Labute approximate surface area is 174 Å². The highest BCUT2D eigenvalue weighted by Crippen LogP contribution is 2.42. The smallest absolute Gasteiger partial charge is 0.234 e. The van der Waals surface area contributed by atoms with Crippen molar-refractivity contribution in [1.29, 1.82) is 0 Å². The Morgan fingerprint density at radius 1 is 0.963 bits per heavy atom. The Hall–Kier alpha value is -1.26. The molecule has 0 bridgehead atoms. The molecule has 0 aromatic heterocycles. The molecule has 0 saturated carbocycles. The molecule has 27 heavy (non-hydrogen) atoms. The lowest BCUT2D eigenvalue weighted by Crippen LogP contribution is -2.45. The van der Waals surface area contributed by atoms with Crippen molar-refractivity contribution in [2.75, 3.05) is 26.7 Å². The number of halogens is 3. The molecule has 1 amide bonds. The number of carbonyl (C=O) groups excluding carboxylic acids is 1. The molecule has 2 heterocycles. The molecule has 3 nitrogen and oxygen atoms in total. The van der Waals surface area contributed by atoms with Crippen molar-refractivity contribution in [2.24, 2.45) is 0 Å². The van der Waals surface area contributed by atoms with E-state index in [0.29, 0.717) is 15.1 Å². The van der Waals surface area contributed by atoms with Gasteiger partial charge in [-0.05, 0) is 66.9 Å². The van der Waals surface area contributed by atoms with E-state index in [1.54, 1.807) is 12.1 Å². The summed E-state index contributed by atoms with van der Waals surface area (Å²) >= 11 is 18.6. The minimum atomic E-state index is -0.423. The highest BCUT2D eigenvalue weighted by atomic mass is 35.5. The highest BCUT2D eigenvalue weighted by Gasteiger charge is 2.39. The molecule has 2 aromatic carbocycles. The molecule has 142 valence electrons. The number of likely N-dealkylation sites (tertiary alicyclic amines) is 1. The standard InChI is InChI=1S/C21H21Cl3N2O/c1-25-19(12-26-8-2-3-9-26)15-6-5-14(22)11-16(15)20(21(25)27)13-4-7-17(23)18(24)10-13/h4-7,10-11,19-20H,2-3,8-9,12H2,1H3/t19-,20+/m1/s1. The summed E-state index contributed by atoms with van der Waals surface area (Å²) in [6, 6.07) is 11.3. The number of hydrogen-bond donors (Lipinski definition) is 0. The minimum absolute atomic E-state index is 0.0295. The quantitative estimate of drug-likeness (QED) is 0.661. The molecule has 2 aliphatic heterocycles. The van der Waals surface area contributed by atoms with Gasteiger partial charge in [0.25, 0.3) is 0 Å². The van der Waals surface area contributed by atoms with Gasteiger partial charge in [0.2, 0.25) is 5.91 Å². The molecule has 1 fully saturated rings. The van der Waals surface area contributed by atoms with Gasteiger partial charge in [0.05, 0.1) is 22.0 Å². The molecule has 1 saturated heterocycles. The first-order chi connectivity index (χ1) is 13.0. The molecule has 0 aliphatic carbocycles. The van der Waals surface area contributed by atoms with Crippen LogP contribution in [0.3, 0.4) is 0 Å². The van der Waals surface area contributed by atoms with E-state index in [2.05, 4.69) is 11.0 Å². The van der Waals surface area contributed by atoms with E-state index in [4.69, 9.17) is 34.8 Å². The zero-order valence-corrected chi connectivity index (χ0v) is 17.4. The Balaban J connectivity index is 1.79. The third kappa shape index (κ3) is 3.58. The van der Waals surface area contributed by atoms with Gasteiger partial charge in [-0.25, -0.2) is 0 Å². The molecule has 0 radical (unpaired) electrons. The second kappa shape index (κ2) is 7.63. The van der Waals surface area contributed by atoms with Crippen LogP contribution in [0.15, 0.2) is 36.4 Å². The molecular formula is C21H21Cl3N2O. The number of fused-ring (bicyclic) bond motifs is 1. The number of benzene rings is 2. The zero-order chi connectivity index (χ0) is 19.1. The van der Waals surface area contributed by atoms with E-state index >= 15 is 0 Å². The average molecular weight is 424 g/mol. The van der Waals surface area contributed by atoms with E-state index in [1.165, 1.54) is 12.8 Å². The molecule has 4 rings (SSSR count). The maximum Gasteiger partial charge on any atom is 0.234 e. The van der Waals surface area contributed by atoms with Crippen LogP contribution >= 0.6 is 34.8 Å². The first kappa shape index (κ1) is 19.1. The molecule has 2 aliphatic rings. The van der Waals surface area contributed by atoms with Crippen LogP contribution in [0.4, 0.5) is 0 Å². The summed E-state index contributed by atoms with van der Waals surface area (Å²) in [4.78, 5) is 17.7. The average Bonchev–Trinajstić information content (AvgIpc) is 3.15. The second-order valence-electron chi connectivity index (χ2n) is 7.35. The summed E-state index contributed by atoms with van der Waals surface area (Å²) in [7, 11) is 1.89. The molecule has 0 N–H and O–H groups in total. The lowest BCUT2D eigenvalue weighted by atomic mass is 9.80. The number of rotatable bonds is 3. The van der Waals surface area contributed by atoms with Gasteiger partial charge in [-0.1, -0.05) is 46.9 Å². The van der Waals surface area contributed by atoms with Gasteiger partial charge in [0.1, 0.15) is 0 Å². The monoisotopic (exact) mass is 422 g/mol. The lowest BCUT2D eigenvalue weighted by Gasteiger charge is -2.40. The van der Waals surface area contributed by atoms with Gasteiger partial charge >= 0.3 is 0 Å². The van der Waals surface area contributed by atoms with Crippen LogP contribution in [0.2, 0.25) is 15.1 Å². The van der Waals surface area contributed by atoms with Crippen molar-refractivity contribution in [3.8, 4) is 0 Å². The van der Waals surface area contributed by atoms with Crippen molar-refractivity contribution < 1.29 is 4.79 Å². The fraction of sp³-hybridized carbons (Fsp3) is 0.381. The van der Waals surface area contributed by atoms with Crippen LogP contribution in [-0.2, 0) is 4.79 Å². The fourth-order valence-electron chi connectivity index (χ4n) is 4.24. The predicted octanol–water partition coefficient (Wildman–Crippen LogP) is 5.39. The summed E-state index contributed by atoms with van der Waals surface area (Å²) in [5.41, 5.74) is 2.96. The summed E-state index contributed by atoms with van der Waals surface area (Å²) in [5.74, 6) is -0.361. The largest absolute Gasteiger partial charge is 0.337 e. The number of hydrogen-bond acceptors (Lipinski definition) is 2. The molecule has 2 atom stereocenters. The van der Waals surface area contributed by atoms with Crippen molar-refractivity contribution in [3.05, 3.63) is 68.2 Å². The van der Waals surface area contributed by atoms with E-state index < -0.39 is 5.92 Å². The lowest BCUT2D eigenvalue weighted by molar-refractivity contribution is -0.134. The first-order valence-electron chi connectivity index (χ1n) is 9.19. The third-order valence-corrected chi connectivity index (χ3v) is 6.66. The number of nitrogens with zero attached hydrogens (tertiary/aromatic N) is 2. The van der Waals surface area contributed by atoms with Gasteiger partial charge in [0.15, 0.2) is 0 Å². The van der Waals surface area contributed by atoms with Crippen LogP contribution in [0, 0.1) is 0 Å².